The SMILES string of the molecule is Cc1cc2c3c(c1)N(c1ccccc1)c1c(nc4cc(N(c5ccc(C(C)(C)C)cc5)c5cccc6ccccc56)ccn14)B3c1ccc(N(c3ccc(C(C)(C)C)cc3)c3ccc(C(C)(C)C)cc3)cc1N2c1ccccc1. The predicted molar refractivity (Wildman–Crippen MR) is 337 cm³/mol. The molecule has 0 N–H and O–H groups in total. The minimum absolute atomic E-state index is 0.0186. The number of rotatable bonds is 8. The quantitative estimate of drug-likeness (QED) is 0.142. The predicted octanol–water partition coefficient (Wildman–Crippen LogP) is 17.7. The molecule has 11 aromatic rings. The number of nitrogens with zero attached hydrogens (tertiary/aromatic N) is 6. The molecular weight excluding hydrogens is 960 g/mol. The van der Waals surface area contributed by atoms with Crippen molar-refractivity contribution >= 4 is 108 Å². The summed E-state index contributed by atoms with van der Waals surface area (Å²) in [5.74, 6) is 1.04. The van der Waals surface area contributed by atoms with E-state index in [0.717, 1.165) is 79.6 Å². The van der Waals surface area contributed by atoms with Crippen LogP contribution in [-0.4, -0.2) is 16.1 Å². The van der Waals surface area contributed by atoms with Crippen LogP contribution in [0.5, 0.6) is 0 Å². The largest absolute Gasteiger partial charge is 0.311 e. The van der Waals surface area contributed by atoms with Crippen LogP contribution in [0.4, 0.5) is 68.4 Å². The molecule has 0 saturated carbocycles. The number of para-hydroxylation sites is 2. The molecule has 13 rings (SSSR count). The average molecular weight is 1030 g/mol. The zero-order valence-electron chi connectivity index (χ0n) is 47.1. The Morgan fingerprint density at radius 1 is 0.418 bits per heavy atom. The van der Waals surface area contributed by atoms with Gasteiger partial charge in [-0.25, -0.2) is 4.98 Å². The summed E-state index contributed by atoms with van der Waals surface area (Å²) in [4.78, 5) is 15.7. The van der Waals surface area contributed by atoms with E-state index in [4.69, 9.17) is 4.98 Å². The van der Waals surface area contributed by atoms with Crippen molar-refractivity contribution < 1.29 is 0 Å². The third-order valence-corrected chi connectivity index (χ3v) is 16.2. The molecule has 79 heavy (non-hydrogen) atoms. The standard InChI is InChI=1S/C72H67BN6/c1-48-44-64-67-65(45-48)79(54-24-15-12-16-25-54)69-68(74-66-47-59(42-43-75(66)69)77(57-38-32-52(33-39-57)72(8,9)10)62-27-19-21-49-20-17-18-26-60(49)62)73(67)61-41-40-58(46-63(61)78(64)53-22-13-11-14-23-53)76(55-34-28-50(29-35-55)70(2,3)4)56-36-30-51(31-37-56)71(5,6)7/h11-47H,1-10H3. The summed E-state index contributed by atoms with van der Waals surface area (Å²) in [7, 11) is 0. The fourth-order valence-electron chi connectivity index (χ4n) is 12.1. The lowest BCUT2D eigenvalue weighted by atomic mass is 9.35. The van der Waals surface area contributed by atoms with Crippen LogP contribution in [0.25, 0.3) is 16.4 Å². The van der Waals surface area contributed by atoms with Gasteiger partial charge in [0.15, 0.2) is 0 Å². The molecule has 2 aliphatic rings. The number of imidazole rings is 1. The van der Waals surface area contributed by atoms with Crippen molar-refractivity contribution in [2.24, 2.45) is 0 Å². The van der Waals surface area contributed by atoms with Gasteiger partial charge in [-0.1, -0.05) is 178 Å². The van der Waals surface area contributed by atoms with Crippen molar-refractivity contribution in [2.45, 2.75) is 85.5 Å². The Morgan fingerprint density at radius 2 is 0.899 bits per heavy atom. The highest BCUT2D eigenvalue weighted by Crippen LogP contribution is 2.48. The van der Waals surface area contributed by atoms with Gasteiger partial charge in [-0.2, -0.15) is 0 Å². The summed E-state index contributed by atoms with van der Waals surface area (Å²) in [6, 6.07) is 81.0. The van der Waals surface area contributed by atoms with Crippen molar-refractivity contribution in [1.82, 2.24) is 9.38 Å². The molecule has 0 fully saturated rings. The summed E-state index contributed by atoms with van der Waals surface area (Å²) in [5, 5.41) is 2.38. The van der Waals surface area contributed by atoms with Gasteiger partial charge in [0.2, 0.25) is 0 Å². The van der Waals surface area contributed by atoms with Gasteiger partial charge in [0.1, 0.15) is 11.5 Å². The maximum atomic E-state index is 5.89. The Kier molecular flexibility index (Phi) is 11.8. The zero-order valence-corrected chi connectivity index (χ0v) is 47.1. The van der Waals surface area contributed by atoms with Crippen molar-refractivity contribution in [3.8, 4) is 0 Å². The first kappa shape index (κ1) is 49.7. The highest BCUT2D eigenvalue weighted by atomic mass is 15.3. The molecule has 388 valence electrons. The Labute approximate surface area is 467 Å². The van der Waals surface area contributed by atoms with Gasteiger partial charge in [0.05, 0.1) is 17.0 Å². The molecule has 0 unspecified atom stereocenters. The van der Waals surface area contributed by atoms with E-state index < -0.39 is 0 Å². The van der Waals surface area contributed by atoms with Gasteiger partial charge in [-0.3, -0.25) is 9.30 Å². The Balaban J connectivity index is 1.05. The summed E-state index contributed by atoms with van der Waals surface area (Å²) < 4.78 is 2.32. The Hall–Kier alpha value is -8.81. The fraction of sp³-hybridized carbons (Fsp3) is 0.181. The molecule has 7 heteroatoms. The van der Waals surface area contributed by atoms with E-state index in [1.54, 1.807) is 0 Å². The molecule has 0 bridgehead atoms. The number of aromatic nitrogens is 2. The lowest BCUT2D eigenvalue weighted by Gasteiger charge is -2.43. The maximum Gasteiger partial charge on any atom is 0.277 e. The molecule has 0 spiro atoms. The maximum absolute atomic E-state index is 5.89. The van der Waals surface area contributed by atoms with Gasteiger partial charge >= 0.3 is 0 Å². The van der Waals surface area contributed by atoms with Crippen LogP contribution in [-0.2, 0) is 16.2 Å². The van der Waals surface area contributed by atoms with Gasteiger partial charge in [0.25, 0.3) is 6.71 Å². The highest BCUT2D eigenvalue weighted by Gasteiger charge is 2.46. The molecule has 0 aliphatic carbocycles. The van der Waals surface area contributed by atoms with E-state index in [9.17, 15) is 0 Å². The Bertz CT molecular complexity index is 4030. The molecule has 2 aliphatic heterocycles. The van der Waals surface area contributed by atoms with Gasteiger partial charge in [-0.15, -0.1) is 0 Å². The third kappa shape index (κ3) is 8.64. The zero-order chi connectivity index (χ0) is 54.5. The summed E-state index contributed by atoms with van der Waals surface area (Å²) in [6.45, 7) is 22.5. The van der Waals surface area contributed by atoms with Gasteiger partial charge in [0, 0.05) is 68.8 Å². The molecule has 6 nitrogen and oxygen atoms in total. The molecule has 9 aromatic carbocycles. The van der Waals surface area contributed by atoms with Crippen LogP contribution in [0, 0.1) is 6.92 Å². The van der Waals surface area contributed by atoms with Crippen molar-refractivity contribution in [1.29, 1.82) is 0 Å². The Morgan fingerprint density at radius 3 is 1.47 bits per heavy atom. The molecule has 0 amide bonds. The summed E-state index contributed by atoms with van der Waals surface area (Å²) in [6.07, 6.45) is 2.24. The van der Waals surface area contributed by atoms with Crippen LogP contribution < -0.4 is 36.1 Å². The number of pyridine rings is 1. The smallest absolute Gasteiger partial charge is 0.277 e. The van der Waals surface area contributed by atoms with Crippen LogP contribution in [0.1, 0.15) is 84.6 Å². The molecular formula is C72H67BN6. The van der Waals surface area contributed by atoms with Crippen LogP contribution in [0.3, 0.4) is 0 Å². The van der Waals surface area contributed by atoms with E-state index in [0.29, 0.717) is 0 Å². The number of anilines is 12. The topological polar surface area (TPSA) is 30.3 Å². The normalized spacial score (nSPS) is 13.1. The minimum Gasteiger partial charge on any atom is -0.311 e. The number of benzene rings is 9. The second kappa shape index (κ2) is 18.7. The second-order valence-electron chi connectivity index (χ2n) is 24.7. The van der Waals surface area contributed by atoms with Crippen molar-refractivity contribution in [2.75, 3.05) is 19.6 Å². The first-order valence-electron chi connectivity index (χ1n) is 27.9. The van der Waals surface area contributed by atoms with Crippen LogP contribution >= 0.6 is 0 Å². The van der Waals surface area contributed by atoms with E-state index in [2.05, 4.69) is 318 Å². The van der Waals surface area contributed by atoms with E-state index in [-0.39, 0.29) is 23.0 Å². The number of fused-ring (bicyclic) bond motifs is 7. The number of hydrogen-bond donors (Lipinski definition) is 0. The fourth-order valence-corrected chi connectivity index (χ4v) is 12.1. The number of aryl methyl sites for hydroxylation is 1. The van der Waals surface area contributed by atoms with Gasteiger partial charge in [-0.05, 0) is 159 Å². The first-order chi connectivity index (χ1) is 38.0. The van der Waals surface area contributed by atoms with Gasteiger partial charge < -0.3 is 14.7 Å². The van der Waals surface area contributed by atoms with Crippen molar-refractivity contribution in [3.05, 3.63) is 247 Å². The third-order valence-electron chi connectivity index (χ3n) is 16.2. The molecule has 2 aromatic heterocycles. The lowest BCUT2D eigenvalue weighted by molar-refractivity contribution is 0.590. The lowest BCUT2D eigenvalue weighted by Crippen LogP contribution is -2.62. The van der Waals surface area contributed by atoms with E-state index in [1.165, 1.54) is 44.0 Å². The average Bonchev–Trinajstić information content (AvgIpc) is 3.73. The molecule has 4 heterocycles. The second-order valence-corrected chi connectivity index (χ2v) is 24.7. The molecule has 0 atom stereocenters. The van der Waals surface area contributed by atoms with E-state index in [1.807, 2.05) is 0 Å². The molecule has 0 radical (unpaired) electrons. The van der Waals surface area contributed by atoms with Crippen molar-refractivity contribution in [3.63, 3.8) is 0 Å². The molecule has 0 saturated heterocycles. The first-order valence-corrected chi connectivity index (χ1v) is 27.9. The minimum atomic E-state index is -0.197. The monoisotopic (exact) mass is 1030 g/mol. The van der Waals surface area contributed by atoms with Crippen LogP contribution in [0.2, 0.25) is 0 Å². The van der Waals surface area contributed by atoms with Crippen LogP contribution in [0.15, 0.2) is 225 Å². The summed E-state index contributed by atoms with van der Waals surface area (Å²) in [5.41, 5.74) is 21.6. The number of hydrogen-bond acceptors (Lipinski definition) is 5. The summed E-state index contributed by atoms with van der Waals surface area (Å²) >= 11 is 0. The highest BCUT2D eigenvalue weighted by molar-refractivity contribution is 7.00. The van der Waals surface area contributed by atoms with E-state index >= 15 is 0 Å².